The van der Waals surface area contributed by atoms with Crippen LogP contribution in [0.5, 0.6) is 0 Å². The molecular formula is C16H19N3O2. The van der Waals surface area contributed by atoms with Crippen molar-refractivity contribution >= 4 is 5.91 Å². The number of rotatable bonds is 2. The van der Waals surface area contributed by atoms with E-state index < -0.39 is 0 Å². The molecule has 2 aromatic rings. The summed E-state index contributed by atoms with van der Waals surface area (Å²) < 4.78 is 5.37. The number of likely N-dealkylation sites (tertiary alicyclic amines) is 1. The van der Waals surface area contributed by atoms with Gasteiger partial charge in [0.1, 0.15) is 0 Å². The molecular weight excluding hydrogens is 266 g/mol. The quantitative estimate of drug-likeness (QED) is 0.850. The molecule has 110 valence electrons. The Bertz CT molecular complexity index is 609. The summed E-state index contributed by atoms with van der Waals surface area (Å²) in [7, 11) is 0. The van der Waals surface area contributed by atoms with Crippen LogP contribution in [0, 0.1) is 0 Å². The fourth-order valence-corrected chi connectivity index (χ4v) is 2.82. The third kappa shape index (κ3) is 2.96. The van der Waals surface area contributed by atoms with Crippen LogP contribution in [0.1, 0.15) is 44.5 Å². The maximum atomic E-state index is 11.9. The van der Waals surface area contributed by atoms with Crippen LogP contribution in [-0.4, -0.2) is 27.5 Å². The highest BCUT2D eigenvalue weighted by molar-refractivity contribution is 5.73. The minimum Gasteiger partial charge on any atom is -0.334 e. The van der Waals surface area contributed by atoms with Gasteiger partial charge in [0.05, 0.1) is 6.04 Å². The summed E-state index contributed by atoms with van der Waals surface area (Å²) in [5, 5.41) is 4.11. The number of nitrogens with zero attached hydrogens (tertiary/aromatic N) is 3. The summed E-state index contributed by atoms with van der Waals surface area (Å²) in [5.74, 6) is 1.21. The van der Waals surface area contributed by atoms with Crippen LogP contribution in [0.4, 0.5) is 0 Å². The Labute approximate surface area is 124 Å². The Hall–Kier alpha value is -2.17. The lowest BCUT2D eigenvalue weighted by molar-refractivity contribution is -0.131. The van der Waals surface area contributed by atoms with E-state index in [4.69, 9.17) is 4.52 Å². The van der Waals surface area contributed by atoms with Crippen LogP contribution in [0.25, 0.3) is 11.5 Å². The van der Waals surface area contributed by atoms with Gasteiger partial charge >= 0.3 is 0 Å². The van der Waals surface area contributed by atoms with E-state index >= 15 is 0 Å². The first-order valence-corrected chi connectivity index (χ1v) is 7.42. The van der Waals surface area contributed by atoms with Gasteiger partial charge in [-0.1, -0.05) is 36.2 Å². The number of benzene rings is 1. The largest absolute Gasteiger partial charge is 0.334 e. The van der Waals surface area contributed by atoms with E-state index in [0.29, 0.717) is 11.7 Å². The molecule has 1 aliphatic heterocycles. The van der Waals surface area contributed by atoms with Gasteiger partial charge in [-0.15, -0.1) is 0 Å². The average Bonchev–Trinajstić information content (AvgIpc) is 2.85. The molecule has 0 unspecified atom stereocenters. The summed E-state index contributed by atoms with van der Waals surface area (Å²) in [6.45, 7) is 2.38. The number of hydrogen-bond acceptors (Lipinski definition) is 4. The average molecular weight is 285 g/mol. The summed E-state index contributed by atoms with van der Waals surface area (Å²) in [4.78, 5) is 18.2. The van der Waals surface area contributed by atoms with Crippen LogP contribution in [0.3, 0.4) is 0 Å². The Morgan fingerprint density at radius 1 is 1.24 bits per heavy atom. The van der Waals surface area contributed by atoms with Gasteiger partial charge in [-0.25, -0.2) is 0 Å². The van der Waals surface area contributed by atoms with Crippen LogP contribution < -0.4 is 0 Å². The SMILES string of the molecule is CC(=O)N1CCCCC[C@H]1c1noc(-c2ccccc2)n1. The van der Waals surface area contributed by atoms with Gasteiger partial charge in [0.2, 0.25) is 5.91 Å². The Balaban J connectivity index is 1.88. The number of carbonyl (C=O) groups is 1. The minimum absolute atomic E-state index is 0.0637. The predicted molar refractivity (Wildman–Crippen MR) is 78.3 cm³/mol. The minimum atomic E-state index is -0.0637. The highest BCUT2D eigenvalue weighted by Crippen LogP contribution is 2.29. The first kappa shape index (κ1) is 13.8. The maximum absolute atomic E-state index is 11.9. The van der Waals surface area contributed by atoms with Gasteiger partial charge in [-0.05, 0) is 25.0 Å². The lowest BCUT2D eigenvalue weighted by Gasteiger charge is -2.26. The van der Waals surface area contributed by atoms with E-state index in [0.717, 1.165) is 37.8 Å². The highest BCUT2D eigenvalue weighted by atomic mass is 16.5. The molecule has 0 saturated carbocycles. The van der Waals surface area contributed by atoms with Crippen LogP contribution in [-0.2, 0) is 4.79 Å². The summed E-state index contributed by atoms with van der Waals surface area (Å²) in [6, 6.07) is 9.63. The molecule has 1 amide bonds. The van der Waals surface area contributed by atoms with E-state index in [-0.39, 0.29) is 11.9 Å². The standard InChI is InChI=1S/C16H19N3O2/c1-12(20)19-11-7-3-6-10-14(19)15-17-16(21-18-15)13-8-4-2-5-9-13/h2,4-5,8-9,14H,3,6-7,10-11H2,1H3/t14-/m0/s1. The molecule has 5 heteroatoms. The van der Waals surface area contributed by atoms with E-state index in [1.54, 1.807) is 6.92 Å². The number of hydrogen-bond donors (Lipinski definition) is 0. The third-order valence-corrected chi connectivity index (χ3v) is 3.92. The fraction of sp³-hybridized carbons (Fsp3) is 0.438. The van der Waals surface area contributed by atoms with Gasteiger partial charge in [-0.2, -0.15) is 4.98 Å². The van der Waals surface area contributed by atoms with Crippen molar-refractivity contribution in [2.75, 3.05) is 6.54 Å². The normalized spacial score (nSPS) is 19.3. The lowest BCUT2D eigenvalue weighted by atomic mass is 10.1. The fourth-order valence-electron chi connectivity index (χ4n) is 2.82. The van der Waals surface area contributed by atoms with E-state index in [9.17, 15) is 4.79 Å². The predicted octanol–water partition coefficient (Wildman–Crippen LogP) is 3.20. The van der Waals surface area contributed by atoms with Gasteiger partial charge in [0, 0.05) is 19.0 Å². The molecule has 0 aliphatic carbocycles. The zero-order valence-corrected chi connectivity index (χ0v) is 12.2. The van der Waals surface area contributed by atoms with Crippen LogP contribution >= 0.6 is 0 Å². The van der Waals surface area contributed by atoms with Crippen molar-refractivity contribution in [2.45, 2.75) is 38.6 Å². The Kier molecular flexibility index (Phi) is 3.99. The van der Waals surface area contributed by atoms with Crippen molar-refractivity contribution in [2.24, 2.45) is 0 Å². The number of carbonyl (C=O) groups excluding carboxylic acids is 1. The van der Waals surface area contributed by atoms with Crippen LogP contribution in [0.2, 0.25) is 0 Å². The summed E-state index contributed by atoms with van der Waals surface area (Å²) in [6.07, 6.45) is 4.17. The van der Waals surface area contributed by atoms with E-state index in [1.807, 2.05) is 35.2 Å². The molecule has 5 nitrogen and oxygen atoms in total. The molecule has 0 N–H and O–H groups in total. The Morgan fingerprint density at radius 2 is 2.05 bits per heavy atom. The molecule has 1 fully saturated rings. The smallest absolute Gasteiger partial charge is 0.257 e. The van der Waals surface area contributed by atoms with Crippen molar-refractivity contribution < 1.29 is 9.32 Å². The maximum Gasteiger partial charge on any atom is 0.257 e. The topological polar surface area (TPSA) is 59.2 Å². The number of amides is 1. The molecule has 0 radical (unpaired) electrons. The van der Waals surface area contributed by atoms with Gasteiger partial charge in [0.25, 0.3) is 5.89 Å². The monoisotopic (exact) mass is 285 g/mol. The molecule has 21 heavy (non-hydrogen) atoms. The van der Waals surface area contributed by atoms with Crippen molar-refractivity contribution in [3.63, 3.8) is 0 Å². The second-order valence-corrected chi connectivity index (χ2v) is 5.40. The molecule has 1 atom stereocenters. The molecule has 1 aromatic carbocycles. The molecule has 1 aliphatic rings. The molecule has 3 rings (SSSR count). The van der Waals surface area contributed by atoms with E-state index in [1.165, 1.54) is 0 Å². The summed E-state index contributed by atoms with van der Waals surface area (Å²) >= 11 is 0. The second kappa shape index (κ2) is 6.08. The first-order valence-electron chi connectivity index (χ1n) is 7.42. The van der Waals surface area contributed by atoms with Crippen molar-refractivity contribution in [3.05, 3.63) is 36.2 Å². The van der Waals surface area contributed by atoms with Gasteiger partial charge < -0.3 is 9.42 Å². The second-order valence-electron chi connectivity index (χ2n) is 5.40. The third-order valence-electron chi connectivity index (χ3n) is 3.92. The lowest BCUT2D eigenvalue weighted by Crippen LogP contribution is -2.33. The number of aromatic nitrogens is 2. The van der Waals surface area contributed by atoms with Gasteiger partial charge in [-0.3, -0.25) is 4.79 Å². The molecule has 1 saturated heterocycles. The first-order chi connectivity index (χ1) is 10.3. The molecule has 0 spiro atoms. The van der Waals surface area contributed by atoms with Gasteiger partial charge in [0.15, 0.2) is 5.82 Å². The van der Waals surface area contributed by atoms with Crippen molar-refractivity contribution in [1.82, 2.24) is 15.0 Å². The highest BCUT2D eigenvalue weighted by Gasteiger charge is 2.28. The van der Waals surface area contributed by atoms with Crippen molar-refractivity contribution in [1.29, 1.82) is 0 Å². The molecule has 2 heterocycles. The summed E-state index contributed by atoms with van der Waals surface area (Å²) in [5.41, 5.74) is 0.902. The van der Waals surface area contributed by atoms with Crippen molar-refractivity contribution in [3.8, 4) is 11.5 Å². The molecule has 1 aromatic heterocycles. The zero-order chi connectivity index (χ0) is 14.7. The van der Waals surface area contributed by atoms with Crippen LogP contribution in [0.15, 0.2) is 34.9 Å². The Morgan fingerprint density at radius 3 is 2.81 bits per heavy atom. The zero-order valence-electron chi connectivity index (χ0n) is 12.2. The molecule has 0 bridgehead atoms. The van der Waals surface area contributed by atoms with E-state index in [2.05, 4.69) is 10.1 Å².